The maximum absolute atomic E-state index is 12.5. The zero-order chi connectivity index (χ0) is 15.4. The Balaban J connectivity index is 2.23. The van der Waals surface area contributed by atoms with Crippen LogP contribution in [-0.2, 0) is 0 Å². The Bertz CT molecular complexity index is 615. The van der Waals surface area contributed by atoms with Crippen molar-refractivity contribution in [1.29, 1.82) is 0 Å². The Hall–Kier alpha value is -2.16. The van der Waals surface area contributed by atoms with Crippen molar-refractivity contribution in [2.24, 2.45) is 0 Å². The van der Waals surface area contributed by atoms with Gasteiger partial charge in [-0.2, -0.15) is 0 Å². The summed E-state index contributed by atoms with van der Waals surface area (Å²) >= 11 is 0. The lowest BCUT2D eigenvalue weighted by Crippen LogP contribution is -2.08. The molecular weight excluding hydrogens is 262 g/mol. The number of hydrogen-bond acceptors (Lipinski definition) is 3. The van der Waals surface area contributed by atoms with E-state index in [2.05, 4.69) is 18.8 Å². The van der Waals surface area contributed by atoms with E-state index in [0.29, 0.717) is 22.8 Å². The summed E-state index contributed by atoms with van der Waals surface area (Å²) < 4.78 is 5.58. The van der Waals surface area contributed by atoms with Gasteiger partial charge in [0.1, 0.15) is 5.75 Å². The molecule has 0 aliphatic carbocycles. The van der Waals surface area contributed by atoms with E-state index >= 15 is 0 Å². The lowest BCUT2D eigenvalue weighted by atomic mass is 9.98. The molecule has 0 aliphatic rings. The van der Waals surface area contributed by atoms with E-state index in [0.717, 1.165) is 0 Å². The minimum atomic E-state index is -0.0352. The summed E-state index contributed by atoms with van der Waals surface area (Å²) in [5.41, 5.74) is 2.44. The van der Waals surface area contributed by atoms with Gasteiger partial charge in [0.25, 0.3) is 0 Å². The first-order valence-electron chi connectivity index (χ1n) is 7.23. The molecule has 0 fully saturated rings. The van der Waals surface area contributed by atoms with Crippen LogP contribution >= 0.6 is 0 Å². The summed E-state index contributed by atoms with van der Waals surface area (Å²) in [6.07, 6.45) is 3.26. The second-order valence-corrected chi connectivity index (χ2v) is 5.68. The number of nitrogens with zero attached hydrogens (tertiary/aromatic N) is 1. The highest BCUT2D eigenvalue weighted by Crippen LogP contribution is 2.19. The van der Waals surface area contributed by atoms with Crippen LogP contribution in [-0.4, -0.2) is 16.9 Å². The largest absolute Gasteiger partial charge is 0.489 e. The van der Waals surface area contributed by atoms with Crippen LogP contribution in [0.25, 0.3) is 0 Å². The third-order valence-electron chi connectivity index (χ3n) is 3.19. The van der Waals surface area contributed by atoms with Gasteiger partial charge in [0, 0.05) is 17.3 Å². The van der Waals surface area contributed by atoms with E-state index in [9.17, 15) is 4.79 Å². The van der Waals surface area contributed by atoms with Gasteiger partial charge in [-0.15, -0.1) is 0 Å². The second kappa shape index (κ2) is 6.53. The van der Waals surface area contributed by atoms with E-state index in [-0.39, 0.29) is 11.9 Å². The molecule has 1 heterocycles. The average Bonchev–Trinajstić information content (AvgIpc) is 2.46. The summed E-state index contributed by atoms with van der Waals surface area (Å²) in [5.74, 6) is 1.04. The van der Waals surface area contributed by atoms with Gasteiger partial charge in [-0.25, -0.2) is 0 Å². The van der Waals surface area contributed by atoms with E-state index in [4.69, 9.17) is 4.74 Å². The van der Waals surface area contributed by atoms with Crippen LogP contribution in [0.15, 0.2) is 42.7 Å². The van der Waals surface area contributed by atoms with Crippen molar-refractivity contribution in [3.63, 3.8) is 0 Å². The van der Waals surface area contributed by atoms with Crippen LogP contribution in [0, 0.1) is 0 Å². The molecule has 0 unspecified atom stereocenters. The van der Waals surface area contributed by atoms with Gasteiger partial charge < -0.3 is 4.74 Å². The summed E-state index contributed by atoms with van der Waals surface area (Å²) in [4.78, 5) is 16.6. The lowest BCUT2D eigenvalue weighted by molar-refractivity contribution is 0.103. The number of ether oxygens (including phenoxy) is 1. The normalized spacial score (nSPS) is 11.0. The third-order valence-corrected chi connectivity index (χ3v) is 3.19. The molecule has 1 aromatic heterocycles. The monoisotopic (exact) mass is 283 g/mol. The van der Waals surface area contributed by atoms with Crippen LogP contribution in [0.2, 0.25) is 0 Å². The Labute approximate surface area is 126 Å². The van der Waals surface area contributed by atoms with Crippen molar-refractivity contribution in [3.05, 3.63) is 59.4 Å². The molecule has 2 aromatic rings. The Morgan fingerprint density at radius 3 is 2.24 bits per heavy atom. The zero-order valence-corrected chi connectivity index (χ0v) is 13.0. The number of pyridine rings is 1. The molecule has 0 N–H and O–H groups in total. The van der Waals surface area contributed by atoms with E-state index in [1.807, 2.05) is 38.1 Å². The third kappa shape index (κ3) is 3.91. The average molecular weight is 283 g/mol. The highest BCUT2D eigenvalue weighted by Gasteiger charge is 2.11. The number of hydrogen-bond donors (Lipinski definition) is 0. The lowest BCUT2D eigenvalue weighted by Gasteiger charge is -2.10. The van der Waals surface area contributed by atoms with Crippen LogP contribution in [0.3, 0.4) is 0 Å². The zero-order valence-electron chi connectivity index (χ0n) is 13.0. The molecule has 0 bridgehead atoms. The molecule has 0 aliphatic heterocycles. The number of aromatic nitrogens is 1. The van der Waals surface area contributed by atoms with Crippen LogP contribution in [0.4, 0.5) is 0 Å². The van der Waals surface area contributed by atoms with Gasteiger partial charge in [-0.1, -0.05) is 38.1 Å². The van der Waals surface area contributed by atoms with Crippen LogP contribution in [0.1, 0.15) is 55.1 Å². The summed E-state index contributed by atoms with van der Waals surface area (Å²) in [5, 5.41) is 0. The number of carbonyl (C=O) groups excluding carboxylic acids is 1. The molecule has 110 valence electrons. The molecule has 0 spiro atoms. The number of rotatable bonds is 5. The van der Waals surface area contributed by atoms with Crippen molar-refractivity contribution < 1.29 is 9.53 Å². The van der Waals surface area contributed by atoms with Crippen molar-refractivity contribution in [1.82, 2.24) is 4.98 Å². The summed E-state index contributed by atoms with van der Waals surface area (Å²) in [7, 11) is 0. The quantitative estimate of drug-likeness (QED) is 0.771. The molecule has 0 radical (unpaired) electrons. The fraction of sp³-hybridized carbons (Fsp3) is 0.333. The van der Waals surface area contributed by atoms with Gasteiger partial charge in [-0.3, -0.25) is 9.78 Å². The van der Waals surface area contributed by atoms with Gasteiger partial charge >= 0.3 is 0 Å². The molecule has 21 heavy (non-hydrogen) atoms. The molecule has 0 amide bonds. The van der Waals surface area contributed by atoms with Crippen LogP contribution < -0.4 is 4.74 Å². The predicted octanol–water partition coefficient (Wildman–Crippen LogP) is 4.22. The molecule has 1 aromatic carbocycles. The molecule has 0 saturated carbocycles. The van der Waals surface area contributed by atoms with Gasteiger partial charge in [0.2, 0.25) is 0 Å². The number of carbonyl (C=O) groups is 1. The first kappa shape index (κ1) is 15.2. The summed E-state index contributed by atoms with van der Waals surface area (Å²) in [6, 6.07) is 9.48. The van der Waals surface area contributed by atoms with Crippen molar-refractivity contribution in [3.8, 4) is 5.75 Å². The maximum Gasteiger partial charge on any atom is 0.194 e. The molecule has 0 atom stereocenters. The predicted molar refractivity (Wildman–Crippen MR) is 84.0 cm³/mol. The standard InChI is InChI=1S/C18H21NO2/c1-12(2)14-5-7-15(8-6-14)18(20)16-9-17(11-19-10-16)21-13(3)4/h5-13H,1-4H3. The topological polar surface area (TPSA) is 39.2 Å². The van der Waals surface area contributed by atoms with Crippen molar-refractivity contribution in [2.45, 2.75) is 39.7 Å². The minimum absolute atomic E-state index is 0.0352. The highest BCUT2D eigenvalue weighted by atomic mass is 16.5. The molecule has 3 heteroatoms. The number of benzene rings is 1. The molecular formula is C18H21NO2. The van der Waals surface area contributed by atoms with Gasteiger partial charge in [-0.05, 0) is 31.4 Å². The molecule has 0 saturated heterocycles. The van der Waals surface area contributed by atoms with E-state index in [1.54, 1.807) is 18.5 Å². The summed E-state index contributed by atoms with van der Waals surface area (Å²) in [6.45, 7) is 8.15. The SMILES string of the molecule is CC(C)Oc1cncc(C(=O)c2ccc(C(C)C)cc2)c1. The Morgan fingerprint density at radius 2 is 1.67 bits per heavy atom. The first-order valence-corrected chi connectivity index (χ1v) is 7.23. The van der Waals surface area contributed by atoms with Gasteiger partial charge in [0.15, 0.2) is 5.78 Å². The Kier molecular flexibility index (Phi) is 4.73. The Morgan fingerprint density at radius 1 is 1.00 bits per heavy atom. The number of ketones is 1. The van der Waals surface area contributed by atoms with Gasteiger partial charge in [0.05, 0.1) is 12.3 Å². The van der Waals surface area contributed by atoms with Crippen molar-refractivity contribution in [2.75, 3.05) is 0 Å². The molecule has 3 nitrogen and oxygen atoms in total. The fourth-order valence-electron chi connectivity index (χ4n) is 2.07. The highest BCUT2D eigenvalue weighted by molar-refractivity contribution is 6.09. The minimum Gasteiger partial charge on any atom is -0.489 e. The van der Waals surface area contributed by atoms with Crippen molar-refractivity contribution >= 4 is 5.78 Å². The smallest absolute Gasteiger partial charge is 0.194 e. The van der Waals surface area contributed by atoms with E-state index < -0.39 is 0 Å². The van der Waals surface area contributed by atoms with Crippen LogP contribution in [0.5, 0.6) is 5.75 Å². The van der Waals surface area contributed by atoms with E-state index in [1.165, 1.54) is 5.56 Å². The second-order valence-electron chi connectivity index (χ2n) is 5.68. The first-order chi connectivity index (χ1) is 9.97. The fourth-order valence-corrected chi connectivity index (χ4v) is 2.07. The maximum atomic E-state index is 12.5. The molecule has 2 rings (SSSR count).